The maximum absolute atomic E-state index is 12.6. The standard InChI is InChI=1S/C18H19NO2/c19-12-11-13-3-1-2-4-17(13)18(20)14-5-7-15(8-6-14)21-16-9-10-16/h1-8,16H,9-12,19H2. The van der Waals surface area contributed by atoms with Crippen LogP contribution >= 0.6 is 0 Å². The van der Waals surface area contributed by atoms with E-state index in [0.717, 1.165) is 29.7 Å². The number of benzene rings is 2. The van der Waals surface area contributed by atoms with E-state index in [0.29, 0.717) is 24.6 Å². The van der Waals surface area contributed by atoms with Crippen LogP contribution < -0.4 is 10.5 Å². The summed E-state index contributed by atoms with van der Waals surface area (Å²) in [5, 5.41) is 0. The van der Waals surface area contributed by atoms with Gasteiger partial charge < -0.3 is 10.5 Å². The van der Waals surface area contributed by atoms with Crippen molar-refractivity contribution in [2.24, 2.45) is 5.73 Å². The highest BCUT2D eigenvalue weighted by Crippen LogP contribution is 2.27. The van der Waals surface area contributed by atoms with Crippen LogP contribution in [0.5, 0.6) is 5.75 Å². The van der Waals surface area contributed by atoms with Gasteiger partial charge in [-0.3, -0.25) is 4.79 Å². The number of carbonyl (C=O) groups is 1. The van der Waals surface area contributed by atoms with Crippen LogP contribution in [0.15, 0.2) is 48.5 Å². The molecule has 0 saturated heterocycles. The second-order valence-corrected chi connectivity index (χ2v) is 5.37. The van der Waals surface area contributed by atoms with Crippen LogP contribution in [0.1, 0.15) is 34.3 Å². The average molecular weight is 281 g/mol. The number of hydrogen-bond acceptors (Lipinski definition) is 3. The van der Waals surface area contributed by atoms with Gasteiger partial charge in [0.1, 0.15) is 5.75 Å². The maximum atomic E-state index is 12.6. The minimum atomic E-state index is 0.0389. The third-order valence-electron chi connectivity index (χ3n) is 3.62. The topological polar surface area (TPSA) is 52.3 Å². The summed E-state index contributed by atoms with van der Waals surface area (Å²) < 4.78 is 5.70. The number of ether oxygens (including phenoxy) is 1. The summed E-state index contributed by atoms with van der Waals surface area (Å²) in [6.45, 7) is 0.540. The van der Waals surface area contributed by atoms with Gasteiger partial charge in [0, 0.05) is 11.1 Å². The lowest BCUT2D eigenvalue weighted by atomic mass is 9.96. The smallest absolute Gasteiger partial charge is 0.193 e. The Morgan fingerprint density at radius 1 is 1.10 bits per heavy atom. The lowest BCUT2D eigenvalue weighted by Crippen LogP contribution is -2.10. The number of hydrogen-bond donors (Lipinski definition) is 1. The quantitative estimate of drug-likeness (QED) is 0.828. The Morgan fingerprint density at radius 2 is 1.81 bits per heavy atom. The van der Waals surface area contributed by atoms with Crippen LogP contribution in [0.2, 0.25) is 0 Å². The van der Waals surface area contributed by atoms with Gasteiger partial charge in [0.15, 0.2) is 5.78 Å². The molecule has 2 aromatic carbocycles. The van der Waals surface area contributed by atoms with E-state index in [1.807, 2.05) is 48.5 Å². The Morgan fingerprint density at radius 3 is 2.48 bits per heavy atom. The Hall–Kier alpha value is -2.13. The molecule has 0 aromatic heterocycles. The van der Waals surface area contributed by atoms with E-state index in [4.69, 9.17) is 10.5 Å². The number of rotatable bonds is 6. The first-order chi connectivity index (χ1) is 10.3. The number of carbonyl (C=O) groups excluding carboxylic acids is 1. The molecule has 1 aliphatic carbocycles. The predicted molar refractivity (Wildman–Crippen MR) is 82.7 cm³/mol. The van der Waals surface area contributed by atoms with Gasteiger partial charge >= 0.3 is 0 Å². The van der Waals surface area contributed by atoms with Crippen molar-refractivity contribution >= 4 is 5.78 Å². The first kappa shape index (κ1) is 13.8. The molecule has 2 aromatic rings. The fraction of sp³-hybridized carbons (Fsp3) is 0.278. The zero-order valence-corrected chi connectivity index (χ0v) is 11.9. The molecule has 21 heavy (non-hydrogen) atoms. The molecular formula is C18H19NO2. The monoisotopic (exact) mass is 281 g/mol. The summed E-state index contributed by atoms with van der Waals surface area (Å²) in [5.41, 5.74) is 8.03. The molecular weight excluding hydrogens is 262 g/mol. The SMILES string of the molecule is NCCc1ccccc1C(=O)c1ccc(OC2CC2)cc1. The van der Waals surface area contributed by atoms with Gasteiger partial charge in [0.2, 0.25) is 0 Å². The molecule has 1 fully saturated rings. The van der Waals surface area contributed by atoms with E-state index in [2.05, 4.69) is 0 Å². The van der Waals surface area contributed by atoms with Crippen LogP contribution in [-0.4, -0.2) is 18.4 Å². The van der Waals surface area contributed by atoms with Gasteiger partial charge in [-0.15, -0.1) is 0 Å². The molecule has 1 aliphatic rings. The Bertz CT molecular complexity index is 630. The third-order valence-corrected chi connectivity index (χ3v) is 3.62. The molecule has 2 N–H and O–H groups in total. The summed E-state index contributed by atoms with van der Waals surface area (Å²) >= 11 is 0. The minimum absolute atomic E-state index is 0.0389. The van der Waals surface area contributed by atoms with Crippen LogP contribution in [-0.2, 0) is 6.42 Å². The highest BCUT2D eigenvalue weighted by atomic mass is 16.5. The number of ketones is 1. The van der Waals surface area contributed by atoms with Gasteiger partial charge in [-0.2, -0.15) is 0 Å². The van der Waals surface area contributed by atoms with Crippen LogP contribution in [0.3, 0.4) is 0 Å². The predicted octanol–water partition coefficient (Wildman–Crippen LogP) is 2.96. The van der Waals surface area contributed by atoms with Crippen molar-refractivity contribution in [3.63, 3.8) is 0 Å². The largest absolute Gasteiger partial charge is 0.490 e. The average Bonchev–Trinajstić information content (AvgIpc) is 3.32. The van der Waals surface area contributed by atoms with E-state index in [-0.39, 0.29) is 5.78 Å². The molecule has 3 heteroatoms. The van der Waals surface area contributed by atoms with Crippen molar-refractivity contribution in [2.75, 3.05) is 6.54 Å². The van der Waals surface area contributed by atoms with Gasteiger partial charge in [-0.25, -0.2) is 0 Å². The molecule has 0 bridgehead atoms. The molecule has 0 atom stereocenters. The summed E-state index contributed by atoms with van der Waals surface area (Å²) in [6, 6.07) is 15.1. The summed E-state index contributed by atoms with van der Waals surface area (Å²) in [6.07, 6.45) is 3.35. The zero-order chi connectivity index (χ0) is 14.7. The first-order valence-corrected chi connectivity index (χ1v) is 7.37. The summed E-state index contributed by atoms with van der Waals surface area (Å²) in [5.74, 6) is 0.876. The van der Waals surface area contributed by atoms with Gasteiger partial charge in [-0.1, -0.05) is 24.3 Å². The van der Waals surface area contributed by atoms with Crippen molar-refractivity contribution in [3.05, 3.63) is 65.2 Å². The lowest BCUT2D eigenvalue weighted by molar-refractivity contribution is 0.103. The van der Waals surface area contributed by atoms with E-state index >= 15 is 0 Å². The Labute approximate surface area is 124 Å². The van der Waals surface area contributed by atoms with E-state index in [1.165, 1.54) is 0 Å². The Balaban J connectivity index is 1.80. The van der Waals surface area contributed by atoms with Crippen LogP contribution in [0.4, 0.5) is 0 Å². The van der Waals surface area contributed by atoms with Crippen molar-refractivity contribution in [1.82, 2.24) is 0 Å². The third kappa shape index (κ3) is 3.31. The van der Waals surface area contributed by atoms with E-state index in [1.54, 1.807) is 0 Å². The molecule has 0 amide bonds. The molecule has 0 spiro atoms. The van der Waals surface area contributed by atoms with Gasteiger partial charge in [0.25, 0.3) is 0 Å². The first-order valence-electron chi connectivity index (χ1n) is 7.37. The lowest BCUT2D eigenvalue weighted by Gasteiger charge is -2.09. The van der Waals surface area contributed by atoms with Crippen LogP contribution in [0, 0.1) is 0 Å². The van der Waals surface area contributed by atoms with Crippen molar-refractivity contribution in [3.8, 4) is 5.75 Å². The molecule has 0 aliphatic heterocycles. The fourth-order valence-corrected chi connectivity index (χ4v) is 2.33. The molecule has 3 nitrogen and oxygen atoms in total. The van der Waals surface area contributed by atoms with Crippen molar-refractivity contribution in [2.45, 2.75) is 25.4 Å². The van der Waals surface area contributed by atoms with Gasteiger partial charge in [-0.05, 0) is 55.6 Å². The van der Waals surface area contributed by atoms with Crippen molar-refractivity contribution < 1.29 is 9.53 Å². The molecule has 108 valence electrons. The van der Waals surface area contributed by atoms with Gasteiger partial charge in [0.05, 0.1) is 6.10 Å². The normalized spacial score (nSPS) is 14.0. The zero-order valence-electron chi connectivity index (χ0n) is 11.9. The summed E-state index contributed by atoms with van der Waals surface area (Å²) in [7, 11) is 0. The molecule has 1 saturated carbocycles. The molecule has 0 unspecified atom stereocenters. The summed E-state index contributed by atoms with van der Waals surface area (Å²) in [4.78, 5) is 12.6. The maximum Gasteiger partial charge on any atom is 0.193 e. The highest BCUT2D eigenvalue weighted by Gasteiger charge is 2.23. The minimum Gasteiger partial charge on any atom is -0.490 e. The van der Waals surface area contributed by atoms with Crippen molar-refractivity contribution in [1.29, 1.82) is 0 Å². The Kier molecular flexibility index (Phi) is 4.02. The molecule has 3 rings (SSSR count). The highest BCUT2D eigenvalue weighted by molar-refractivity contribution is 6.09. The molecule has 0 heterocycles. The second kappa shape index (κ2) is 6.10. The second-order valence-electron chi connectivity index (χ2n) is 5.37. The number of nitrogens with two attached hydrogens (primary N) is 1. The fourth-order valence-electron chi connectivity index (χ4n) is 2.33. The molecule has 0 radical (unpaired) electrons. The van der Waals surface area contributed by atoms with E-state index < -0.39 is 0 Å². The van der Waals surface area contributed by atoms with Crippen LogP contribution in [0.25, 0.3) is 0 Å². The van der Waals surface area contributed by atoms with E-state index in [9.17, 15) is 4.79 Å².